The van der Waals surface area contributed by atoms with Crippen LogP contribution in [-0.2, 0) is 14.3 Å². The Balaban J connectivity index is 1.63. The predicted molar refractivity (Wildman–Crippen MR) is 93.6 cm³/mol. The third-order valence-corrected chi connectivity index (χ3v) is 4.99. The van der Waals surface area contributed by atoms with Crippen LogP contribution in [-0.4, -0.2) is 59.4 Å². The number of aryl methyl sites for hydroxylation is 1. The summed E-state index contributed by atoms with van der Waals surface area (Å²) in [5, 5.41) is 0. The van der Waals surface area contributed by atoms with E-state index in [0.717, 1.165) is 24.2 Å². The van der Waals surface area contributed by atoms with Gasteiger partial charge in [-0.2, -0.15) is 0 Å². The van der Waals surface area contributed by atoms with Crippen LogP contribution in [0.15, 0.2) is 12.1 Å². The summed E-state index contributed by atoms with van der Waals surface area (Å²) in [5.74, 6) is 0.238. The highest BCUT2D eigenvalue weighted by atomic mass is 16.5. The molecule has 1 atom stereocenters. The Kier molecular flexibility index (Phi) is 5.22. The van der Waals surface area contributed by atoms with E-state index in [1.54, 1.807) is 6.92 Å². The Hall–Kier alpha value is -2.15. The second-order valence-corrected chi connectivity index (χ2v) is 6.89. The lowest BCUT2D eigenvalue weighted by Crippen LogP contribution is -2.48. The van der Waals surface area contributed by atoms with Crippen molar-refractivity contribution in [3.63, 3.8) is 0 Å². The lowest BCUT2D eigenvalue weighted by atomic mass is 9.94. The van der Waals surface area contributed by atoms with Gasteiger partial charge in [-0.3, -0.25) is 14.6 Å². The highest BCUT2D eigenvalue weighted by molar-refractivity contribution is 5.80. The molecule has 0 aromatic carbocycles. The van der Waals surface area contributed by atoms with Gasteiger partial charge in [0.15, 0.2) is 0 Å². The molecule has 2 aliphatic heterocycles. The summed E-state index contributed by atoms with van der Waals surface area (Å²) < 4.78 is 5.83. The number of ether oxygens (including phenoxy) is 1. The number of aromatic nitrogens is 1. The molecule has 0 aliphatic carbocycles. The highest BCUT2D eigenvalue weighted by Crippen LogP contribution is 2.26. The molecule has 2 N–H and O–H groups in total. The van der Waals surface area contributed by atoms with Crippen molar-refractivity contribution in [3.05, 3.63) is 23.5 Å². The van der Waals surface area contributed by atoms with Crippen molar-refractivity contribution in [1.29, 1.82) is 0 Å². The molecule has 0 saturated carbocycles. The first-order chi connectivity index (χ1) is 11.9. The second-order valence-electron chi connectivity index (χ2n) is 6.89. The SMILES string of the molecule is CC(=O)N1CCC(C(=O)N2CCO[C@H](c3cc(N)cc(C)n3)C2)CC1. The van der Waals surface area contributed by atoms with Crippen molar-refractivity contribution in [2.24, 2.45) is 5.92 Å². The lowest BCUT2D eigenvalue weighted by Gasteiger charge is -2.37. The van der Waals surface area contributed by atoms with E-state index >= 15 is 0 Å². The van der Waals surface area contributed by atoms with Gasteiger partial charge < -0.3 is 20.3 Å². The first kappa shape index (κ1) is 17.7. The molecule has 7 nitrogen and oxygen atoms in total. The zero-order valence-electron chi connectivity index (χ0n) is 14.9. The lowest BCUT2D eigenvalue weighted by molar-refractivity contribution is -0.146. The van der Waals surface area contributed by atoms with Crippen molar-refractivity contribution in [2.45, 2.75) is 32.8 Å². The van der Waals surface area contributed by atoms with E-state index in [9.17, 15) is 9.59 Å². The van der Waals surface area contributed by atoms with Gasteiger partial charge in [0.1, 0.15) is 6.10 Å². The van der Waals surface area contributed by atoms with Gasteiger partial charge in [-0.15, -0.1) is 0 Å². The van der Waals surface area contributed by atoms with Crippen molar-refractivity contribution >= 4 is 17.5 Å². The van der Waals surface area contributed by atoms with E-state index in [2.05, 4.69) is 4.98 Å². The molecule has 7 heteroatoms. The number of nitrogens with two attached hydrogens (primary N) is 1. The first-order valence-electron chi connectivity index (χ1n) is 8.84. The van der Waals surface area contributed by atoms with Gasteiger partial charge in [0.05, 0.1) is 18.8 Å². The van der Waals surface area contributed by atoms with Crippen LogP contribution in [0.25, 0.3) is 0 Å². The first-order valence-corrected chi connectivity index (χ1v) is 8.84. The number of carbonyl (C=O) groups excluding carboxylic acids is 2. The monoisotopic (exact) mass is 346 g/mol. The number of hydrogen-bond acceptors (Lipinski definition) is 5. The molecular formula is C18H26N4O3. The molecule has 136 valence electrons. The predicted octanol–water partition coefficient (Wildman–Crippen LogP) is 1.13. The Morgan fingerprint density at radius 3 is 2.56 bits per heavy atom. The number of rotatable bonds is 2. The number of likely N-dealkylation sites (tertiary alicyclic amines) is 1. The van der Waals surface area contributed by atoms with Crippen LogP contribution in [0.2, 0.25) is 0 Å². The average Bonchev–Trinajstić information content (AvgIpc) is 2.60. The van der Waals surface area contributed by atoms with E-state index in [4.69, 9.17) is 10.5 Å². The fourth-order valence-corrected chi connectivity index (χ4v) is 3.61. The fraction of sp³-hybridized carbons (Fsp3) is 0.611. The summed E-state index contributed by atoms with van der Waals surface area (Å²) in [6.45, 7) is 6.40. The van der Waals surface area contributed by atoms with Gasteiger partial charge in [0, 0.05) is 43.9 Å². The zero-order chi connectivity index (χ0) is 18.0. The van der Waals surface area contributed by atoms with Crippen molar-refractivity contribution in [1.82, 2.24) is 14.8 Å². The second kappa shape index (κ2) is 7.39. The number of piperidine rings is 1. The normalized spacial score (nSPS) is 22.1. The average molecular weight is 346 g/mol. The molecule has 2 saturated heterocycles. The van der Waals surface area contributed by atoms with Crippen LogP contribution in [0.5, 0.6) is 0 Å². The van der Waals surface area contributed by atoms with Gasteiger partial charge in [0.25, 0.3) is 0 Å². The molecule has 2 amide bonds. The molecule has 0 unspecified atom stereocenters. The largest absolute Gasteiger partial charge is 0.399 e. The van der Waals surface area contributed by atoms with Gasteiger partial charge in [-0.1, -0.05) is 0 Å². The van der Waals surface area contributed by atoms with Crippen LogP contribution in [0.4, 0.5) is 5.69 Å². The molecule has 1 aromatic rings. The standard InChI is InChI=1S/C18H26N4O3/c1-12-9-15(19)10-16(20-12)17-11-22(7-8-25-17)18(24)14-3-5-21(6-4-14)13(2)23/h9-10,14,17H,3-8,11H2,1-2H3,(H2,19,20)/t17-/m0/s1. The van der Waals surface area contributed by atoms with Crippen LogP contribution >= 0.6 is 0 Å². The number of pyridine rings is 1. The minimum absolute atomic E-state index is 0.00936. The number of nitrogen functional groups attached to an aromatic ring is 1. The maximum atomic E-state index is 12.9. The summed E-state index contributed by atoms with van der Waals surface area (Å²) in [5.41, 5.74) is 8.19. The molecule has 0 bridgehead atoms. The number of hydrogen-bond donors (Lipinski definition) is 1. The van der Waals surface area contributed by atoms with E-state index in [-0.39, 0.29) is 23.8 Å². The van der Waals surface area contributed by atoms with Crippen molar-refractivity contribution in [2.75, 3.05) is 38.5 Å². The highest BCUT2D eigenvalue weighted by Gasteiger charge is 2.33. The van der Waals surface area contributed by atoms with Gasteiger partial charge in [-0.05, 0) is 31.9 Å². The third-order valence-electron chi connectivity index (χ3n) is 4.99. The van der Waals surface area contributed by atoms with E-state index < -0.39 is 0 Å². The van der Waals surface area contributed by atoms with Gasteiger partial charge >= 0.3 is 0 Å². The molecule has 3 rings (SSSR count). The molecule has 0 spiro atoms. The molecule has 25 heavy (non-hydrogen) atoms. The maximum absolute atomic E-state index is 12.9. The Morgan fingerprint density at radius 1 is 1.20 bits per heavy atom. The van der Waals surface area contributed by atoms with Crippen molar-refractivity contribution < 1.29 is 14.3 Å². The van der Waals surface area contributed by atoms with Gasteiger partial charge in [0.2, 0.25) is 11.8 Å². The Labute approximate surface area is 148 Å². The van der Waals surface area contributed by atoms with Crippen LogP contribution in [0, 0.1) is 12.8 Å². The van der Waals surface area contributed by atoms with Crippen LogP contribution < -0.4 is 5.73 Å². The van der Waals surface area contributed by atoms with Crippen LogP contribution in [0.3, 0.4) is 0 Å². The summed E-state index contributed by atoms with van der Waals surface area (Å²) in [6.07, 6.45) is 1.23. The van der Waals surface area contributed by atoms with E-state index in [0.29, 0.717) is 38.5 Å². The fourth-order valence-electron chi connectivity index (χ4n) is 3.61. The smallest absolute Gasteiger partial charge is 0.225 e. The number of carbonyl (C=O) groups is 2. The third kappa shape index (κ3) is 4.10. The number of amides is 2. The van der Waals surface area contributed by atoms with Gasteiger partial charge in [-0.25, -0.2) is 0 Å². The number of nitrogens with zero attached hydrogens (tertiary/aromatic N) is 3. The molecule has 0 radical (unpaired) electrons. The molecule has 1 aromatic heterocycles. The maximum Gasteiger partial charge on any atom is 0.225 e. The minimum atomic E-state index is -0.239. The Bertz CT molecular complexity index is 635. The summed E-state index contributed by atoms with van der Waals surface area (Å²) >= 11 is 0. The topological polar surface area (TPSA) is 88.8 Å². The molecule has 3 heterocycles. The molecular weight excluding hydrogens is 320 g/mol. The molecule has 2 aliphatic rings. The quantitative estimate of drug-likeness (QED) is 0.867. The Morgan fingerprint density at radius 2 is 1.92 bits per heavy atom. The summed E-state index contributed by atoms with van der Waals surface area (Å²) in [6, 6.07) is 3.63. The van der Waals surface area contributed by atoms with Crippen LogP contribution in [0.1, 0.15) is 37.3 Å². The minimum Gasteiger partial charge on any atom is -0.399 e. The van der Waals surface area contributed by atoms with E-state index in [1.165, 1.54) is 0 Å². The summed E-state index contributed by atoms with van der Waals surface area (Å²) in [7, 11) is 0. The van der Waals surface area contributed by atoms with E-state index in [1.807, 2.05) is 28.9 Å². The number of morpholine rings is 1. The molecule has 2 fully saturated rings. The zero-order valence-corrected chi connectivity index (χ0v) is 14.9. The van der Waals surface area contributed by atoms with Crippen molar-refractivity contribution in [3.8, 4) is 0 Å². The summed E-state index contributed by atoms with van der Waals surface area (Å²) in [4.78, 5) is 32.5. The number of anilines is 1.